The van der Waals surface area contributed by atoms with Crippen molar-refractivity contribution in [2.75, 3.05) is 7.11 Å². The molecule has 0 amide bonds. The lowest BCUT2D eigenvalue weighted by atomic mass is 10.0. The van der Waals surface area contributed by atoms with Crippen molar-refractivity contribution in [2.24, 2.45) is 0 Å². The lowest BCUT2D eigenvalue weighted by molar-refractivity contribution is -0.140. The van der Waals surface area contributed by atoms with Gasteiger partial charge in [-0.2, -0.15) is 0 Å². The van der Waals surface area contributed by atoms with Gasteiger partial charge in [-0.25, -0.2) is 0 Å². The summed E-state index contributed by atoms with van der Waals surface area (Å²) in [5.74, 6) is 0.366. The van der Waals surface area contributed by atoms with E-state index in [4.69, 9.17) is 0 Å². The fourth-order valence-electron chi connectivity index (χ4n) is 3.04. The molecule has 0 fully saturated rings. The van der Waals surface area contributed by atoms with E-state index in [-0.39, 0.29) is 5.97 Å². The smallest absolute Gasteiger partial charge is 0.305 e. The number of ketones is 1. The molecule has 0 rings (SSSR count). The van der Waals surface area contributed by atoms with Crippen LogP contribution < -0.4 is 0 Å². The third-order valence-electron chi connectivity index (χ3n) is 4.59. The first-order valence-electron chi connectivity index (χ1n) is 10.3. The van der Waals surface area contributed by atoms with Crippen LogP contribution in [0.3, 0.4) is 0 Å². The molecule has 0 unspecified atom stereocenters. The zero-order valence-corrected chi connectivity index (χ0v) is 16.2. The first-order chi connectivity index (χ1) is 11.7. The van der Waals surface area contributed by atoms with E-state index in [0.29, 0.717) is 12.2 Å². The Kier molecular flexibility index (Phi) is 17.8. The number of Topliss-reactive ketones (excluding diaryl/α,β-unsaturated/α-hetero) is 1. The molecular weight excluding hydrogens is 300 g/mol. The van der Waals surface area contributed by atoms with Crippen molar-refractivity contribution < 1.29 is 14.3 Å². The molecule has 0 spiro atoms. The second-order valence-corrected chi connectivity index (χ2v) is 6.96. The van der Waals surface area contributed by atoms with Gasteiger partial charge in [-0.1, -0.05) is 77.6 Å². The summed E-state index contributed by atoms with van der Waals surface area (Å²) >= 11 is 0. The molecule has 0 aliphatic heterocycles. The molecule has 0 atom stereocenters. The first-order valence-corrected chi connectivity index (χ1v) is 10.3. The highest BCUT2D eigenvalue weighted by atomic mass is 16.5. The van der Waals surface area contributed by atoms with Gasteiger partial charge in [-0.3, -0.25) is 9.59 Å². The van der Waals surface area contributed by atoms with E-state index in [9.17, 15) is 9.59 Å². The summed E-state index contributed by atoms with van der Waals surface area (Å²) in [6.07, 6.45) is 19.5. The van der Waals surface area contributed by atoms with Crippen LogP contribution in [0.5, 0.6) is 0 Å². The number of ether oxygens (including phenoxy) is 1. The second-order valence-electron chi connectivity index (χ2n) is 6.96. The average Bonchev–Trinajstić information content (AvgIpc) is 2.58. The Hall–Kier alpha value is -0.860. The summed E-state index contributed by atoms with van der Waals surface area (Å²) in [5.41, 5.74) is 0. The van der Waals surface area contributed by atoms with E-state index in [1.807, 2.05) is 0 Å². The molecule has 0 N–H and O–H groups in total. The first kappa shape index (κ1) is 23.1. The summed E-state index contributed by atoms with van der Waals surface area (Å²) in [4.78, 5) is 22.3. The van der Waals surface area contributed by atoms with E-state index in [0.717, 1.165) is 38.5 Å². The van der Waals surface area contributed by atoms with E-state index in [2.05, 4.69) is 11.7 Å². The number of hydrogen-bond acceptors (Lipinski definition) is 3. The van der Waals surface area contributed by atoms with Crippen LogP contribution in [-0.2, 0) is 14.3 Å². The van der Waals surface area contributed by atoms with E-state index < -0.39 is 0 Å². The highest BCUT2D eigenvalue weighted by molar-refractivity contribution is 5.78. The molecule has 0 aromatic carbocycles. The molecule has 0 aromatic rings. The van der Waals surface area contributed by atoms with Crippen molar-refractivity contribution in [2.45, 2.75) is 116 Å². The number of carbonyl (C=O) groups is 2. The molecular formula is C21H40O3. The van der Waals surface area contributed by atoms with Gasteiger partial charge in [0.2, 0.25) is 0 Å². The molecule has 0 aliphatic carbocycles. The third-order valence-corrected chi connectivity index (χ3v) is 4.59. The monoisotopic (exact) mass is 340 g/mol. The Balaban J connectivity index is 3.07. The van der Waals surface area contributed by atoms with Gasteiger partial charge >= 0.3 is 5.97 Å². The van der Waals surface area contributed by atoms with Gasteiger partial charge in [0.05, 0.1) is 7.11 Å². The molecule has 0 aromatic heterocycles. The lowest BCUT2D eigenvalue weighted by Crippen LogP contribution is -1.99. The van der Waals surface area contributed by atoms with Crippen molar-refractivity contribution in [1.82, 2.24) is 0 Å². The number of hydrogen-bond donors (Lipinski definition) is 0. The summed E-state index contributed by atoms with van der Waals surface area (Å²) in [6, 6.07) is 0. The molecule has 24 heavy (non-hydrogen) atoms. The Bertz CT molecular complexity index is 299. The van der Waals surface area contributed by atoms with Crippen LogP contribution in [0.2, 0.25) is 0 Å². The van der Waals surface area contributed by atoms with Crippen molar-refractivity contribution in [1.29, 1.82) is 0 Å². The summed E-state index contributed by atoms with van der Waals surface area (Å²) in [5, 5.41) is 0. The number of rotatable bonds is 18. The Morgan fingerprint density at radius 1 is 0.583 bits per heavy atom. The van der Waals surface area contributed by atoms with Crippen molar-refractivity contribution >= 4 is 11.8 Å². The fraction of sp³-hybridized carbons (Fsp3) is 0.905. The van der Waals surface area contributed by atoms with E-state index in [1.54, 1.807) is 0 Å². The number of methoxy groups -OCH3 is 1. The van der Waals surface area contributed by atoms with Gasteiger partial charge in [-0.05, 0) is 19.3 Å². The second kappa shape index (κ2) is 18.5. The van der Waals surface area contributed by atoms with Gasteiger partial charge in [0.1, 0.15) is 5.78 Å². The Morgan fingerprint density at radius 2 is 0.958 bits per heavy atom. The minimum atomic E-state index is -0.0810. The topological polar surface area (TPSA) is 43.4 Å². The molecule has 3 heteroatoms. The van der Waals surface area contributed by atoms with Crippen LogP contribution in [0, 0.1) is 0 Å². The maximum atomic E-state index is 11.4. The van der Waals surface area contributed by atoms with E-state index in [1.165, 1.54) is 71.3 Å². The minimum Gasteiger partial charge on any atom is -0.469 e. The SMILES string of the molecule is CCCC(=O)CCCCCCCCCCCCCCCC(=O)OC. The molecule has 0 saturated heterocycles. The number of esters is 1. The predicted octanol–water partition coefficient (Wildman–Crippen LogP) is 6.38. The van der Waals surface area contributed by atoms with Crippen LogP contribution in [0.15, 0.2) is 0 Å². The maximum absolute atomic E-state index is 11.4. The van der Waals surface area contributed by atoms with E-state index >= 15 is 0 Å². The standard InChI is InChI=1S/C21H40O3/c1-3-17-20(22)18-15-13-11-9-7-5-4-6-8-10-12-14-16-19-21(23)24-2/h3-19H2,1-2H3. The zero-order valence-electron chi connectivity index (χ0n) is 16.2. The number of carbonyl (C=O) groups excluding carboxylic acids is 2. The third kappa shape index (κ3) is 17.5. The van der Waals surface area contributed by atoms with Gasteiger partial charge in [0.15, 0.2) is 0 Å². The quantitative estimate of drug-likeness (QED) is 0.215. The summed E-state index contributed by atoms with van der Waals surface area (Å²) in [7, 11) is 1.46. The van der Waals surface area contributed by atoms with Gasteiger partial charge in [0.25, 0.3) is 0 Å². The normalized spacial score (nSPS) is 10.8. The molecule has 142 valence electrons. The lowest BCUT2D eigenvalue weighted by Gasteiger charge is -2.03. The Labute approximate surface area is 149 Å². The van der Waals surface area contributed by atoms with Crippen LogP contribution in [0.25, 0.3) is 0 Å². The minimum absolute atomic E-state index is 0.0810. The average molecular weight is 341 g/mol. The van der Waals surface area contributed by atoms with Crippen LogP contribution in [0.1, 0.15) is 116 Å². The summed E-state index contributed by atoms with van der Waals surface area (Å²) < 4.78 is 4.63. The zero-order chi connectivity index (χ0) is 17.9. The largest absolute Gasteiger partial charge is 0.469 e. The summed E-state index contributed by atoms with van der Waals surface area (Å²) in [6.45, 7) is 2.07. The molecule has 0 heterocycles. The highest BCUT2D eigenvalue weighted by Gasteiger charge is 2.00. The fourth-order valence-corrected chi connectivity index (χ4v) is 3.04. The highest BCUT2D eigenvalue weighted by Crippen LogP contribution is 2.13. The van der Waals surface area contributed by atoms with Gasteiger partial charge in [-0.15, -0.1) is 0 Å². The van der Waals surface area contributed by atoms with Crippen molar-refractivity contribution in [3.05, 3.63) is 0 Å². The van der Waals surface area contributed by atoms with Gasteiger partial charge in [0, 0.05) is 19.3 Å². The predicted molar refractivity (Wildman–Crippen MR) is 101 cm³/mol. The van der Waals surface area contributed by atoms with Crippen LogP contribution in [0.4, 0.5) is 0 Å². The van der Waals surface area contributed by atoms with Gasteiger partial charge < -0.3 is 4.74 Å². The maximum Gasteiger partial charge on any atom is 0.305 e. The van der Waals surface area contributed by atoms with Crippen LogP contribution >= 0.6 is 0 Å². The number of unbranched alkanes of at least 4 members (excludes halogenated alkanes) is 12. The Morgan fingerprint density at radius 3 is 1.33 bits per heavy atom. The molecule has 0 bridgehead atoms. The molecule has 0 saturated carbocycles. The molecule has 3 nitrogen and oxygen atoms in total. The van der Waals surface area contributed by atoms with Crippen molar-refractivity contribution in [3.8, 4) is 0 Å². The van der Waals surface area contributed by atoms with Crippen molar-refractivity contribution in [3.63, 3.8) is 0 Å². The molecule has 0 radical (unpaired) electrons. The molecule has 0 aliphatic rings. The van der Waals surface area contributed by atoms with Crippen LogP contribution in [-0.4, -0.2) is 18.9 Å².